The molecule has 0 spiro atoms. The normalized spacial score (nSPS) is 12.2. The average molecular weight is 452 g/mol. The second kappa shape index (κ2) is 16.3. The molecule has 31 heavy (non-hydrogen) atoms. The molecule has 0 aliphatic heterocycles. The van der Waals surface area contributed by atoms with Crippen LogP contribution in [0, 0.1) is 19.6 Å². The van der Waals surface area contributed by atoms with Gasteiger partial charge < -0.3 is 7.43 Å². The first kappa shape index (κ1) is 26.6. The molecular formula is C29H28SiTi. The van der Waals surface area contributed by atoms with E-state index < -0.39 is 8.80 Å². The van der Waals surface area contributed by atoms with Gasteiger partial charge in [-0.3, -0.25) is 12.2 Å². The zero-order chi connectivity index (χ0) is 20.0. The first-order valence-corrected chi connectivity index (χ1v) is 11.4. The van der Waals surface area contributed by atoms with E-state index in [1.165, 1.54) is 15.6 Å². The van der Waals surface area contributed by atoms with Crippen molar-refractivity contribution in [1.29, 1.82) is 0 Å². The standard InChI is InChI=1S/C18H15Si.2C5H5.CH3.Ti/c1-4-10-16(11-5-1)19(17-12-6-2-7-13-17)18-14-8-3-9-15-18;2*1-2-4-5-3-1;;/h1-15H;2*1-3H,4H2;1H3;/q;3*-1;+3. The van der Waals surface area contributed by atoms with E-state index in [1.807, 2.05) is 24.3 Å². The summed E-state index contributed by atoms with van der Waals surface area (Å²) in [4.78, 5) is 0. The smallest absolute Gasteiger partial charge is 0.358 e. The summed E-state index contributed by atoms with van der Waals surface area (Å²) in [5, 5.41) is 4.31. The molecule has 0 aromatic heterocycles. The Morgan fingerprint density at radius 1 is 0.516 bits per heavy atom. The minimum atomic E-state index is -0.877. The summed E-state index contributed by atoms with van der Waals surface area (Å²) in [7, 11) is -0.877. The van der Waals surface area contributed by atoms with Crippen molar-refractivity contribution in [3.8, 4) is 0 Å². The van der Waals surface area contributed by atoms with Crippen LogP contribution in [-0.2, 0) is 21.7 Å². The fourth-order valence-electron chi connectivity index (χ4n) is 2.99. The molecule has 0 heterocycles. The number of rotatable bonds is 3. The van der Waals surface area contributed by atoms with Crippen LogP contribution in [0.5, 0.6) is 0 Å². The molecule has 0 saturated heterocycles. The number of hydrogen-bond donors (Lipinski definition) is 0. The largest absolute Gasteiger partial charge is 3.00 e. The van der Waals surface area contributed by atoms with Gasteiger partial charge >= 0.3 is 21.7 Å². The van der Waals surface area contributed by atoms with E-state index in [0.29, 0.717) is 0 Å². The van der Waals surface area contributed by atoms with Crippen molar-refractivity contribution in [3.63, 3.8) is 0 Å². The second-order valence-corrected chi connectivity index (χ2v) is 8.96. The summed E-state index contributed by atoms with van der Waals surface area (Å²) in [5.74, 6) is 0. The van der Waals surface area contributed by atoms with E-state index in [1.54, 1.807) is 0 Å². The van der Waals surface area contributed by atoms with Crippen molar-refractivity contribution in [1.82, 2.24) is 0 Å². The Balaban J connectivity index is 0.000000331. The molecule has 0 amide bonds. The van der Waals surface area contributed by atoms with Crippen LogP contribution in [0.4, 0.5) is 0 Å². The van der Waals surface area contributed by atoms with E-state index in [2.05, 4.69) is 115 Å². The third kappa shape index (κ3) is 9.48. The van der Waals surface area contributed by atoms with E-state index in [-0.39, 0.29) is 29.1 Å². The molecule has 0 saturated carbocycles. The topological polar surface area (TPSA) is 0 Å². The van der Waals surface area contributed by atoms with Gasteiger partial charge in [-0.1, -0.05) is 107 Å². The first-order valence-electron chi connectivity index (χ1n) is 9.92. The molecule has 0 unspecified atom stereocenters. The molecule has 2 heteroatoms. The van der Waals surface area contributed by atoms with Crippen molar-refractivity contribution in [3.05, 3.63) is 147 Å². The summed E-state index contributed by atoms with van der Waals surface area (Å²) in [5.41, 5.74) is 0. The van der Waals surface area contributed by atoms with Gasteiger partial charge in [-0.25, -0.2) is 24.3 Å². The number of allylic oxidation sites excluding steroid dienone is 8. The van der Waals surface area contributed by atoms with Crippen molar-refractivity contribution in [2.45, 2.75) is 12.8 Å². The molecular weight excluding hydrogens is 424 g/mol. The maximum absolute atomic E-state index is 2.99. The molecule has 2 aliphatic carbocycles. The molecule has 0 fully saturated rings. The molecule has 2 radical (unpaired) electrons. The van der Waals surface area contributed by atoms with Crippen LogP contribution in [0.25, 0.3) is 0 Å². The van der Waals surface area contributed by atoms with Crippen molar-refractivity contribution in [2.75, 3.05) is 0 Å². The van der Waals surface area contributed by atoms with Crippen LogP contribution in [0.2, 0.25) is 0 Å². The van der Waals surface area contributed by atoms with E-state index in [0.717, 1.165) is 12.8 Å². The van der Waals surface area contributed by atoms with Gasteiger partial charge in [-0.15, -0.1) is 12.8 Å². The fraction of sp³-hybridized carbons (Fsp3) is 0.0690. The van der Waals surface area contributed by atoms with Crippen LogP contribution >= 0.6 is 0 Å². The van der Waals surface area contributed by atoms with Gasteiger partial charge in [-0.05, 0) is 0 Å². The minimum absolute atomic E-state index is 0. The van der Waals surface area contributed by atoms with Gasteiger partial charge in [-0.2, -0.15) is 12.2 Å². The van der Waals surface area contributed by atoms with Crippen LogP contribution in [0.3, 0.4) is 0 Å². The molecule has 3 aromatic rings. The van der Waals surface area contributed by atoms with Crippen molar-refractivity contribution >= 4 is 24.4 Å². The summed E-state index contributed by atoms with van der Waals surface area (Å²) in [6.45, 7) is 0. The van der Waals surface area contributed by atoms with Gasteiger partial charge in [0.2, 0.25) is 0 Å². The third-order valence-electron chi connectivity index (χ3n) is 4.36. The zero-order valence-corrected chi connectivity index (χ0v) is 20.6. The second-order valence-electron chi connectivity index (χ2n) is 6.48. The van der Waals surface area contributed by atoms with Crippen LogP contribution in [-0.4, -0.2) is 8.80 Å². The summed E-state index contributed by atoms with van der Waals surface area (Å²) in [6.07, 6.45) is 20.0. The molecule has 0 bridgehead atoms. The quantitative estimate of drug-likeness (QED) is 0.289. The summed E-state index contributed by atoms with van der Waals surface area (Å²) >= 11 is 0. The molecule has 0 N–H and O–H groups in total. The minimum Gasteiger partial charge on any atom is -0.358 e. The van der Waals surface area contributed by atoms with Gasteiger partial charge in [0.1, 0.15) is 0 Å². The van der Waals surface area contributed by atoms with E-state index in [9.17, 15) is 0 Å². The van der Waals surface area contributed by atoms with Crippen molar-refractivity contribution in [2.24, 2.45) is 0 Å². The molecule has 152 valence electrons. The zero-order valence-electron chi connectivity index (χ0n) is 18.0. The number of hydrogen-bond acceptors (Lipinski definition) is 0. The van der Waals surface area contributed by atoms with E-state index >= 15 is 0 Å². The molecule has 2 aliphatic rings. The Morgan fingerprint density at radius 2 is 0.839 bits per heavy atom. The monoisotopic (exact) mass is 452 g/mol. The number of benzene rings is 3. The Hall–Kier alpha value is -2.45. The Morgan fingerprint density at radius 3 is 1.03 bits per heavy atom. The predicted molar refractivity (Wildman–Crippen MR) is 134 cm³/mol. The van der Waals surface area contributed by atoms with Crippen LogP contribution < -0.4 is 15.6 Å². The SMILES string of the molecule is [C-]1=CC=CC1.[C-]1=CC=CC1.[CH3-].[Ti+3].c1ccc([Si](c2ccccc2)c2ccccc2)cc1. The predicted octanol–water partition coefficient (Wildman–Crippen LogP) is 5.26. The van der Waals surface area contributed by atoms with Gasteiger partial charge in [0.25, 0.3) is 0 Å². The third-order valence-corrected chi connectivity index (χ3v) is 7.09. The summed E-state index contributed by atoms with van der Waals surface area (Å²) in [6, 6.07) is 32.5. The Labute approximate surface area is 205 Å². The molecule has 3 aromatic carbocycles. The maximum atomic E-state index is 2.99. The maximum Gasteiger partial charge on any atom is 3.00 e. The molecule has 0 nitrogen and oxygen atoms in total. The van der Waals surface area contributed by atoms with E-state index in [4.69, 9.17) is 0 Å². The Kier molecular flexibility index (Phi) is 14.0. The van der Waals surface area contributed by atoms with Gasteiger partial charge in [0, 0.05) is 0 Å². The first-order chi connectivity index (χ1) is 14.4. The van der Waals surface area contributed by atoms with Crippen LogP contribution in [0.1, 0.15) is 12.8 Å². The van der Waals surface area contributed by atoms with Gasteiger partial charge in [0.05, 0.1) is 0 Å². The molecule has 0 atom stereocenters. The summed E-state index contributed by atoms with van der Waals surface area (Å²) < 4.78 is 0. The Bertz CT molecular complexity index is 806. The molecule has 5 rings (SSSR count). The van der Waals surface area contributed by atoms with Crippen LogP contribution in [0.15, 0.2) is 127 Å². The fourth-order valence-corrected chi connectivity index (χ4v) is 5.57. The average Bonchev–Trinajstić information content (AvgIpc) is 3.55. The van der Waals surface area contributed by atoms with Gasteiger partial charge in [0.15, 0.2) is 8.80 Å². The van der Waals surface area contributed by atoms with Crippen molar-refractivity contribution < 1.29 is 21.7 Å².